The molecule has 0 saturated carbocycles. The zero-order valence-corrected chi connectivity index (χ0v) is 17.6. The second-order valence-electron chi connectivity index (χ2n) is 6.36. The molecule has 0 spiro atoms. The van der Waals surface area contributed by atoms with Gasteiger partial charge in [-0.25, -0.2) is 9.97 Å². The molecule has 0 unspecified atom stereocenters. The standard InChI is InChI=1S/C19H24ClN5OS/c1-5-24(6-2)11-12-25(18(26)17-21-9-10-23(17)4)19-22-16-13(3)14(20)7-8-15(16)27-19/h7-10H,5-6,11-12H2,1-4H3. The van der Waals surface area contributed by atoms with Crippen LogP contribution in [-0.2, 0) is 7.05 Å². The summed E-state index contributed by atoms with van der Waals surface area (Å²) in [5.74, 6) is 0.265. The lowest BCUT2D eigenvalue weighted by Crippen LogP contribution is -2.39. The van der Waals surface area contributed by atoms with Crippen LogP contribution in [0, 0.1) is 6.92 Å². The third-order valence-corrected chi connectivity index (χ3v) is 6.21. The Morgan fingerprint density at radius 1 is 1.26 bits per heavy atom. The van der Waals surface area contributed by atoms with Crippen molar-refractivity contribution in [2.45, 2.75) is 20.8 Å². The lowest BCUT2D eigenvalue weighted by atomic mass is 10.2. The minimum atomic E-state index is -0.141. The van der Waals surface area contributed by atoms with Crippen LogP contribution in [0.1, 0.15) is 30.0 Å². The molecule has 6 nitrogen and oxygen atoms in total. The maximum Gasteiger partial charge on any atom is 0.296 e. The number of imidazole rings is 1. The molecule has 0 fully saturated rings. The van der Waals surface area contributed by atoms with Gasteiger partial charge in [0.05, 0.1) is 10.2 Å². The molecule has 0 aliphatic rings. The van der Waals surface area contributed by atoms with E-state index in [-0.39, 0.29) is 5.91 Å². The highest BCUT2D eigenvalue weighted by atomic mass is 35.5. The molecule has 2 heterocycles. The number of nitrogens with zero attached hydrogens (tertiary/aromatic N) is 5. The predicted octanol–water partition coefficient (Wildman–Crippen LogP) is 3.98. The van der Waals surface area contributed by atoms with Gasteiger partial charge in [-0.05, 0) is 37.7 Å². The lowest BCUT2D eigenvalue weighted by Gasteiger charge is -2.24. The predicted molar refractivity (Wildman–Crippen MR) is 112 cm³/mol. The highest BCUT2D eigenvalue weighted by Crippen LogP contribution is 2.34. The van der Waals surface area contributed by atoms with E-state index < -0.39 is 0 Å². The molecular formula is C19H24ClN5OS. The maximum atomic E-state index is 13.2. The highest BCUT2D eigenvalue weighted by Gasteiger charge is 2.25. The van der Waals surface area contributed by atoms with Crippen LogP contribution in [0.4, 0.5) is 5.13 Å². The van der Waals surface area contributed by atoms with Gasteiger partial charge in [0.2, 0.25) is 0 Å². The third-order valence-electron chi connectivity index (χ3n) is 4.76. The van der Waals surface area contributed by atoms with Crippen LogP contribution in [-0.4, -0.2) is 51.5 Å². The molecule has 2 aromatic heterocycles. The zero-order chi connectivity index (χ0) is 19.6. The number of carbonyl (C=O) groups is 1. The summed E-state index contributed by atoms with van der Waals surface area (Å²) < 4.78 is 2.76. The summed E-state index contributed by atoms with van der Waals surface area (Å²) in [4.78, 5) is 26.2. The number of aryl methyl sites for hydroxylation is 2. The van der Waals surface area contributed by atoms with Gasteiger partial charge < -0.3 is 9.47 Å². The van der Waals surface area contributed by atoms with Crippen molar-refractivity contribution in [1.29, 1.82) is 0 Å². The minimum Gasteiger partial charge on any atom is -0.330 e. The molecule has 0 radical (unpaired) electrons. The monoisotopic (exact) mass is 405 g/mol. The zero-order valence-electron chi connectivity index (χ0n) is 16.1. The molecule has 0 N–H and O–H groups in total. The second-order valence-corrected chi connectivity index (χ2v) is 7.78. The van der Waals surface area contributed by atoms with Gasteiger partial charge >= 0.3 is 0 Å². The molecule has 3 rings (SSSR count). The maximum absolute atomic E-state index is 13.2. The van der Waals surface area contributed by atoms with E-state index in [2.05, 4.69) is 23.7 Å². The molecule has 144 valence electrons. The molecule has 1 aromatic carbocycles. The number of thiazole rings is 1. The summed E-state index contributed by atoms with van der Waals surface area (Å²) in [6.07, 6.45) is 3.41. The number of anilines is 1. The van der Waals surface area contributed by atoms with Crippen LogP contribution < -0.4 is 4.90 Å². The highest BCUT2D eigenvalue weighted by molar-refractivity contribution is 7.22. The largest absolute Gasteiger partial charge is 0.330 e. The van der Waals surface area contributed by atoms with E-state index in [1.807, 2.05) is 26.1 Å². The number of halogens is 1. The van der Waals surface area contributed by atoms with Crippen molar-refractivity contribution in [2.24, 2.45) is 7.05 Å². The molecule has 1 amide bonds. The number of aromatic nitrogens is 3. The van der Waals surface area contributed by atoms with Crippen LogP contribution in [0.15, 0.2) is 24.5 Å². The molecule has 3 aromatic rings. The topological polar surface area (TPSA) is 54.3 Å². The molecular weight excluding hydrogens is 382 g/mol. The van der Waals surface area contributed by atoms with Crippen molar-refractivity contribution in [1.82, 2.24) is 19.4 Å². The van der Waals surface area contributed by atoms with Gasteiger partial charge in [-0.2, -0.15) is 0 Å². The van der Waals surface area contributed by atoms with Gasteiger partial charge in [0, 0.05) is 37.6 Å². The fourth-order valence-electron chi connectivity index (χ4n) is 2.96. The van der Waals surface area contributed by atoms with Gasteiger partial charge in [-0.1, -0.05) is 36.8 Å². The molecule has 27 heavy (non-hydrogen) atoms. The Hall–Kier alpha value is -1.96. The first-order chi connectivity index (χ1) is 13.0. The number of hydrogen-bond donors (Lipinski definition) is 0. The number of carbonyl (C=O) groups excluding carboxylic acids is 1. The van der Waals surface area contributed by atoms with Crippen LogP contribution in [0.2, 0.25) is 5.02 Å². The SMILES string of the molecule is CCN(CC)CCN(C(=O)c1nccn1C)c1nc2c(C)c(Cl)ccc2s1. The fraction of sp³-hybridized carbons (Fsp3) is 0.421. The Kier molecular flexibility index (Phi) is 6.14. The number of benzene rings is 1. The van der Waals surface area contributed by atoms with E-state index in [9.17, 15) is 4.79 Å². The first kappa shape index (κ1) is 19.8. The summed E-state index contributed by atoms with van der Waals surface area (Å²) in [5.41, 5.74) is 1.78. The third kappa shape index (κ3) is 4.00. The van der Waals surface area contributed by atoms with Crippen molar-refractivity contribution < 1.29 is 4.79 Å². The first-order valence-corrected chi connectivity index (χ1v) is 10.2. The van der Waals surface area contributed by atoms with Gasteiger partial charge in [0.15, 0.2) is 11.0 Å². The number of rotatable bonds is 7. The van der Waals surface area contributed by atoms with Crippen molar-refractivity contribution in [3.63, 3.8) is 0 Å². The Morgan fingerprint density at radius 2 is 2.00 bits per heavy atom. The normalized spacial score (nSPS) is 11.5. The van der Waals surface area contributed by atoms with Gasteiger partial charge in [-0.15, -0.1) is 0 Å². The Balaban J connectivity index is 1.99. The van der Waals surface area contributed by atoms with E-state index in [1.165, 1.54) is 11.3 Å². The van der Waals surface area contributed by atoms with E-state index in [1.54, 1.807) is 21.9 Å². The van der Waals surface area contributed by atoms with E-state index in [4.69, 9.17) is 16.6 Å². The average molecular weight is 406 g/mol. The Labute approximate surface area is 168 Å². The summed E-state index contributed by atoms with van der Waals surface area (Å²) in [6.45, 7) is 9.41. The van der Waals surface area contributed by atoms with Crippen LogP contribution in [0.5, 0.6) is 0 Å². The van der Waals surface area contributed by atoms with Gasteiger partial charge in [-0.3, -0.25) is 9.69 Å². The molecule has 0 aliphatic heterocycles. The van der Waals surface area contributed by atoms with Crippen molar-refractivity contribution in [3.8, 4) is 0 Å². The molecule has 0 bridgehead atoms. The number of fused-ring (bicyclic) bond motifs is 1. The van der Waals surface area contributed by atoms with Crippen LogP contribution in [0.25, 0.3) is 10.2 Å². The fourth-order valence-corrected chi connectivity index (χ4v) is 4.16. The molecule has 0 atom stereocenters. The van der Waals surface area contributed by atoms with Crippen LogP contribution >= 0.6 is 22.9 Å². The minimum absolute atomic E-state index is 0.141. The molecule has 8 heteroatoms. The first-order valence-electron chi connectivity index (χ1n) is 9.03. The van der Waals surface area contributed by atoms with E-state index in [0.29, 0.717) is 22.5 Å². The summed E-state index contributed by atoms with van der Waals surface area (Å²) in [6, 6.07) is 3.83. The summed E-state index contributed by atoms with van der Waals surface area (Å²) in [7, 11) is 1.82. The summed E-state index contributed by atoms with van der Waals surface area (Å²) >= 11 is 7.75. The molecule has 0 saturated heterocycles. The van der Waals surface area contributed by atoms with Gasteiger partial charge in [0.25, 0.3) is 5.91 Å². The van der Waals surface area contributed by atoms with E-state index >= 15 is 0 Å². The number of likely N-dealkylation sites (N-methyl/N-ethyl adjacent to an activating group) is 1. The summed E-state index contributed by atoms with van der Waals surface area (Å²) in [5, 5.41) is 1.36. The van der Waals surface area contributed by atoms with Crippen molar-refractivity contribution in [2.75, 3.05) is 31.1 Å². The number of hydrogen-bond acceptors (Lipinski definition) is 5. The lowest BCUT2D eigenvalue weighted by molar-refractivity contribution is 0.0971. The Morgan fingerprint density at radius 3 is 2.63 bits per heavy atom. The van der Waals surface area contributed by atoms with Crippen molar-refractivity contribution >= 4 is 44.2 Å². The quantitative estimate of drug-likeness (QED) is 0.596. The Bertz CT molecular complexity index is 947. The number of amides is 1. The second kappa shape index (κ2) is 8.37. The van der Waals surface area contributed by atoms with Crippen LogP contribution in [0.3, 0.4) is 0 Å². The van der Waals surface area contributed by atoms with E-state index in [0.717, 1.165) is 35.4 Å². The van der Waals surface area contributed by atoms with Crippen molar-refractivity contribution in [3.05, 3.63) is 40.9 Å². The smallest absolute Gasteiger partial charge is 0.296 e. The van der Waals surface area contributed by atoms with Gasteiger partial charge in [0.1, 0.15) is 0 Å². The molecule has 0 aliphatic carbocycles. The average Bonchev–Trinajstić information content (AvgIpc) is 3.28.